The molecular weight excluding hydrogens is 200 g/mol. The molecule has 0 fully saturated rings. The van der Waals surface area contributed by atoms with E-state index in [-0.39, 0.29) is 11.9 Å². The van der Waals surface area contributed by atoms with Crippen molar-refractivity contribution in [1.29, 1.82) is 0 Å². The molecule has 0 spiro atoms. The van der Waals surface area contributed by atoms with E-state index in [0.29, 0.717) is 16.1 Å². The summed E-state index contributed by atoms with van der Waals surface area (Å²) in [5, 5.41) is 0. The third-order valence-electron chi connectivity index (χ3n) is 1.31. The van der Waals surface area contributed by atoms with Gasteiger partial charge in [-0.25, -0.2) is 9.59 Å². The second-order valence-corrected chi connectivity index (χ2v) is 2.60. The maximum Gasteiger partial charge on any atom is 0.333 e. The van der Waals surface area contributed by atoms with Crippen LogP contribution in [-0.2, 0) is 18.8 Å². The SMILES string of the molecule is C=CC(=O)O[SiH3].CC=C(C)C(=O)OC. The smallest absolute Gasteiger partial charge is 0.333 e. The van der Waals surface area contributed by atoms with Crippen LogP contribution >= 0.6 is 0 Å². The first-order chi connectivity index (χ1) is 6.53. The van der Waals surface area contributed by atoms with Gasteiger partial charge < -0.3 is 9.16 Å². The van der Waals surface area contributed by atoms with Crippen molar-refractivity contribution in [3.63, 3.8) is 0 Å². The molecule has 0 aromatic rings. The van der Waals surface area contributed by atoms with Gasteiger partial charge in [0.05, 0.1) is 7.11 Å². The van der Waals surface area contributed by atoms with Crippen LogP contribution in [0, 0.1) is 0 Å². The lowest BCUT2D eigenvalue weighted by Gasteiger charge is -1.93. The highest BCUT2D eigenvalue weighted by molar-refractivity contribution is 6.07. The molecule has 0 amide bonds. The molecule has 0 saturated carbocycles. The van der Waals surface area contributed by atoms with Crippen LogP contribution in [0.5, 0.6) is 0 Å². The lowest BCUT2D eigenvalue weighted by atomic mass is 10.3. The second kappa shape index (κ2) is 9.72. The molecule has 0 aliphatic heterocycles. The molecule has 0 atom stereocenters. The van der Waals surface area contributed by atoms with Crippen molar-refractivity contribution < 1.29 is 18.8 Å². The molecule has 0 rings (SSSR count). The highest BCUT2D eigenvalue weighted by Crippen LogP contribution is 1.92. The summed E-state index contributed by atoms with van der Waals surface area (Å²) in [5.41, 5.74) is 0.646. The van der Waals surface area contributed by atoms with Crippen molar-refractivity contribution in [2.75, 3.05) is 7.11 Å². The van der Waals surface area contributed by atoms with E-state index in [1.165, 1.54) is 7.11 Å². The van der Waals surface area contributed by atoms with E-state index in [1.807, 2.05) is 0 Å². The Balaban J connectivity index is 0. The summed E-state index contributed by atoms with van der Waals surface area (Å²) in [6.45, 7) is 6.69. The van der Waals surface area contributed by atoms with Crippen molar-refractivity contribution >= 4 is 22.4 Å². The maximum absolute atomic E-state index is 10.5. The molecule has 0 unspecified atom stereocenters. The minimum Gasteiger partial charge on any atom is -0.526 e. The normalized spacial score (nSPS) is 9.50. The molecule has 0 aliphatic rings. The van der Waals surface area contributed by atoms with E-state index in [0.717, 1.165) is 6.08 Å². The molecule has 14 heavy (non-hydrogen) atoms. The zero-order valence-corrected chi connectivity index (χ0v) is 11.0. The quantitative estimate of drug-likeness (QED) is 0.374. The Morgan fingerprint density at radius 3 is 2.00 bits per heavy atom. The first kappa shape index (κ1) is 15.1. The molecule has 0 aliphatic carbocycles. The summed E-state index contributed by atoms with van der Waals surface area (Å²) in [6, 6.07) is 0. The Kier molecular flexibility index (Phi) is 10.5. The van der Waals surface area contributed by atoms with Crippen LogP contribution in [0.3, 0.4) is 0 Å². The Labute approximate surface area is 87.1 Å². The minimum absolute atomic E-state index is 0.257. The van der Waals surface area contributed by atoms with Gasteiger partial charge in [0.2, 0.25) is 10.5 Å². The van der Waals surface area contributed by atoms with Crippen LogP contribution in [-0.4, -0.2) is 29.5 Å². The van der Waals surface area contributed by atoms with Gasteiger partial charge in [-0.05, 0) is 13.8 Å². The Morgan fingerprint density at radius 2 is 1.93 bits per heavy atom. The summed E-state index contributed by atoms with van der Waals surface area (Å²) in [5.74, 6) is -0.589. The number of carbonyl (C=O) groups excluding carboxylic acids is 2. The second-order valence-electron chi connectivity index (χ2n) is 2.19. The fourth-order valence-electron chi connectivity index (χ4n) is 0.362. The lowest BCUT2D eigenvalue weighted by Crippen LogP contribution is -2.00. The van der Waals surface area contributed by atoms with Crippen LogP contribution in [0.4, 0.5) is 0 Å². The Morgan fingerprint density at radius 1 is 1.43 bits per heavy atom. The number of carbonyl (C=O) groups is 2. The van der Waals surface area contributed by atoms with Gasteiger partial charge in [-0.3, -0.25) is 0 Å². The average Bonchev–Trinajstić information content (AvgIpc) is 2.26. The standard InChI is InChI=1S/C6H10O2.C3H6O2Si/c1-4-5(2)6(7)8-3;1-2-3(4)5-6/h4H,1-3H3;2H,1H2,6H3. The van der Waals surface area contributed by atoms with E-state index >= 15 is 0 Å². The zero-order valence-electron chi connectivity index (χ0n) is 8.99. The highest BCUT2D eigenvalue weighted by atomic mass is 28.2. The molecule has 0 N–H and O–H groups in total. The molecule has 0 radical (unpaired) electrons. The summed E-state index contributed by atoms with van der Waals surface area (Å²) in [6.07, 6.45) is 2.86. The highest BCUT2D eigenvalue weighted by Gasteiger charge is 1.98. The zero-order chi connectivity index (χ0) is 11.6. The van der Waals surface area contributed by atoms with Crippen molar-refractivity contribution in [2.45, 2.75) is 13.8 Å². The molecule has 0 aromatic heterocycles. The van der Waals surface area contributed by atoms with Gasteiger partial charge in [-0.1, -0.05) is 12.7 Å². The van der Waals surface area contributed by atoms with Gasteiger partial charge in [-0.2, -0.15) is 0 Å². The van der Waals surface area contributed by atoms with Crippen LogP contribution < -0.4 is 0 Å². The average molecular weight is 216 g/mol. The number of esters is 1. The molecule has 80 valence electrons. The topological polar surface area (TPSA) is 52.6 Å². The van der Waals surface area contributed by atoms with E-state index in [9.17, 15) is 9.59 Å². The molecular formula is C9H16O4Si. The van der Waals surface area contributed by atoms with E-state index in [1.54, 1.807) is 19.9 Å². The fraction of sp³-hybridized carbons (Fsp3) is 0.333. The monoisotopic (exact) mass is 216 g/mol. The van der Waals surface area contributed by atoms with E-state index in [4.69, 9.17) is 0 Å². The Bertz CT molecular complexity index is 233. The van der Waals surface area contributed by atoms with Gasteiger partial charge >= 0.3 is 11.9 Å². The summed E-state index contributed by atoms with van der Waals surface area (Å²) in [7, 11) is 1.83. The molecule has 0 aromatic carbocycles. The van der Waals surface area contributed by atoms with Crippen molar-refractivity contribution in [3.8, 4) is 0 Å². The van der Waals surface area contributed by atoms with Gasteiger partial charge in [0.15, 0.2) is 0 Å². The van der Waals surface area contributed by atoms with Crippen LogP contribution in [0.15, 0.2) is 24.3 Å². The molecule has 0 bridgehead atoms. The summed E-state index contributed by atoms with van der Waals surface area (Å²) >= 11 is 0. The van der Waals surface area contributed by atoms with Gasteiger partial charge in [-0.15, -0.1) is 0 Å². The predicted molar refractivity (Wildman–Crippen MR) is 57.7 cm³/mol. The van der Waals surface area contributed by atoms with Crippen LogP contribution in [0.25, 0.3) is 0 Å². The van der Waals surface area contributed by atoms with Crippen molar-refractivity contribution in [3.05, 3.63) is 24.3 Å². The van der Waals surface area contributed by atoms with Gasteiger partial charge in [0.25, 0.3) is 0 Å². The van der Waals surface area contributed by atoms with Crippen molar-refractivity contribution in [2.24, 2.45) is 0 Å². The van der Waals surface area contributed by atoms with E-state index in [2.05, 4.69) is 15.7 Å². The number of hydrogen-bond donors (Lipinski definition) is 0. The van der Waals surface area contributed by atoms with E-state index < -0.39 is 0 Å². The van der Waals surface area contributed by atoms with Gasteiger partial charge in [0, 0.05) is 11.6 Å². The number of hydrogen-bond acceptors (Lipinski definition) is 4. The maximum atomic E-state index is 10.5. The molecule has 5 heteroatoms. The first-order valence-electron chi connectivity index (χ1n) is 3.95. The summed E-state index contributed by atoms with van der Waals surface area (Å²) in [4.78, 5) is 20.3. The number of rotatable bonds is 2. The van der Waals surface area contributed by atoms with Crippen LogP contribution in [0.2, 0.25) is 0 Å². The third-order valence-corrected chi connectivity index (χ3v) is 1.71. The number of ether oxygens (including phenoxy) is 1. The molecule has 0 saturated heterocycles. The van der Waals surface area contributed by atoms with Gasteiger partial charge in [0.1, 0.15) is 0 Å². The Hall–Kier alpha value is -1.36. The largest absolute Gasteiger partial charge is 0.526 e. The first-order valence-corrected chi connectivity index (χ1v) is 4.76. The fourth-order valence-corrected chi connectivity index (χ4v) is 0.529. The number of allylic oxidation sites excluding steroid dienone is 1. The molecule has 0 heterocycles. The van der Waals surface area contributed by atoms with Crippen molar-refractivity contribution in [1.82, 2.24) is 0 Å². The predicted octanol–water partition coefficient (Wildman–Crippen LogP) is 0.122. The summed E-state index contributed by atoms with van der Waals surface area (Å²) < 4.78 is 8.68. The lowest BCUT2D eigenvalue weighted by molar-refractivity contribution is -0.136. The molecule has 4 nitrogen and oxygen atoms in total. The third kappa shape index (κ3) is 8.73. The minimum atomic E-state index is -0.332. The number of methoxy groups -OCH3 is 1. The van der Waals surface area contributed by atoms with Crippen LogP contribution in [0.1, 0.15) is 13.8 Å².